The molecule has 1 amide bonds. The van der Waals surface area contributed by atoms with Gasteiger partial charge in [0, 0.05) is 19.1 Å². The molecule has 0 spiro atoms. The molecule has 9 heteroatoms. The van der Waals surface area contributed by atoms with Crippen molar-refractivity contribution in [2.75, 3.05) is 20.2 Å². The fourth-order valence-electron chi connectivity index (χ4n) is 2.58. The number of fused-ring (bicyclic) bond motifs is 1. The maximum Gasteiger partial charge on any atom is 0.409 e. The number of carbonyl (C=O) groups excluding carboxylic acids is 1. The lowest BCUT2D eigenvalue weighted by atomic mass is 10.1. The summed E-state index contributed by atoms with van der Waals surface area (Å²) in [6.07, 6.45) is 2.98. The molecule has 3 heterocycles. The summed E-state index contributed by atoms with van der Waals surface area (Å²) in [5.41, 5.74) is 1.16. The molecule has 0 unspecified atom stereocenters. The lowest BCUT2D eigenvalue weighted by Crippen LogP contribution is -2.38. The largest absolute Gasteiger partial charge is 0.453 e. The van der Waals surface area contributed by atoms with Crippen LogP contribution in [0.3, 0.4) is 0 Å². The molecular weight excluding hydrogens is 317 g/mol. The molecule has 1 fully saturated rings. The van der Waals surface area contributed by atoms with Gasteiger partial charge in [-0.3, -0.25) is 0 Å². The van der Waals surface area contributed by atoms with Gasteiger partial charge in [0.25, 0.3) is 0 Å². The van der Waals surface area contributed by atoms with Crippen LogP contribution in [0.5, 0.6) is 0 Å². The number of hydrogen-bond donors (Lipinski definition) is 0. The molecule has 1 saturated heterocycles. The fourth-order valence-corrected chi connectivity index (χ4v) is 3.00. The van der Waals surface area contributed by atoms with Gasteiger partial charge in [0.15, 0.2) is 10.8 Å². The van der Waals surface area contributed by atoms with Crippen molar-refractivity contribution >= 4 is 40.5 Å². The van der Waals surface area contributed by atoms with E-state index in [9.17, 15) is 4.79 Å². The maximum atomic E-state index is 11.5. The molecule has 112 valence electrons. The van der Waals surface area contributed by atoms with E-state index in [1.54, 1.807) is 11.2 Å². The predicted octanol–water partition coefficient (Wildman–Crippen LogP) is 2.54. The number of aromatic nitrogens is 4. The molecular formula is C12H13Cl2N5O2. The zero-order valence-corrected chi connectivity index (χ0v) is 12.8. The lowest BCUT2D eigenvalue weighted by molar-refractivity contribution is 0.107. The van der Waals surface area contributed by atoms with E-state index in [0.29, 0.717) is 24.3 Å². The van der Waals surface area contributed by atoms with Gasteiger partial charge in [-0.15, -0.1) is 0 Å². The van der Waals surface area contributed by atoms with E-state index in [2.05, 4.69) is 15.0 Å². The number of nitrogens with zero attached hydrogens (tertiary/aromatic N) is 5. The minimum Gasteiger partial charge on any atom is -0.453 e. The Kier molecular flexibility index (Phi) is 3.86. The Balaban J connectivity index is 1.84. The molecule has 0 aliphatic carbocycles. The second-order valence-corrected chi connectivity index (χ2v) is 5.49. The molecule has 0 saturated carbocycles. The summed E-state index contributed by atoms with van der Waals surface area (Å²) in [5.74, 6) is 0. The van der Waals surface area contributed by atoms with Gasteiger partial charge < -0.3 is 14.2 Å². The zero-order valence-electron chi connectivity index (χ0n) is 11.3. The van der Waals surface area contributed by atoms with Crippen molar-refractivity contribution in [1.29, 1.82) is 0 Å². The number of halogens is 2. The first-order valence-corrected chi connectivity index (χ1v) is 7.24. The van der Waals surface area contributed by atoms with Gasteiger partial charge in [-0.05, 0) is 24.4 Å². The van der Waals surface area contributed by atoms with Crippen LogP contribution in [0.2, 0.25) is 10.4 Å². The smallest absolute Gasteiger partial charge is 0.409 e. The highest BCUT2D eigenvalue weighted by Crippen LogP contribution is 2.28. The number of hydrogen-bond acceptors (Lipinski definition) is 5. The number of rotatable bonds is 1. The van der Waals surface area contributed by atoms with Crippen LogP contribution >= 0.6 is 23.2 Å². The summed E-state index contributed by atoms with van der Waals surface area (Å²) in [6.45, 7) is 1.26. The SMILES string of the molecule is COC(=O)N1CCC(n2cnc3c(Cl)nc(Cl)nc32)CC1. The summed E-state index contributed by atoms with van der Waals surface area (Å²) < 4.78 is 6.68. The molecule has 0 atom stereocenters. The summed E-state index contributed by atoms with van der Waals surface area (Å²) in [7, 11) is 1.39. The highest BCUT2D eigenvalue weighted by Gasteiger charge is 2.26. The first-order chi connectivity index (χ1) is 10.1. The molecule has 3 rings (SSSR count). The lowest BCUT2D eigenvalue weighted by Gasteiger charge is -2.31. The van der Waals surface area contributed by atoms with Gasteiger partial charge >= 0.3 is 6.09 Å². The van der Waals surface area contributed by atoms with Crippen molar-refractivity contribution in [3.8, 4) is 0 Å². The van der Waals surface area contributed by atoms with Crippen molar-refractivity contribution in [2.24, 2.45) is 0 Å². The van der Waals surface area contributed by atoms with Gasteiger partial charge in [0.1, 0.15) is 5.52 Å². The highest BCUT2D eigenvalue weighted by molar-refractivity contribution is 6.35. The zero-order chi connectivity index (χ0) is 15.0. The van der Waals surface area contributed by atoms with Gasteiger partial charge in [0.2, 0.25) is 5.28 Å². The predicted molar refractivity (Wildman–Crippen MR) is 77.6 cm³/mol. The van der Waals surface area contributed by atoms with Gasteiger partial charge in [-0.25, -0.2) is 14.8 Å². The van der Waals surface area contributed by atoms with Crippen LogP contribution in [0.15, 0.2) is 6.33 Å². The summed E-state index contributed by atoms with van der Waals surface area (Å²) in [5, 5.41) is 0.344. The van der Waals surface area contributed by atoms with Gasteiger partial charge in [0.05, 0.1) is 13.4 Å². The van der Waals surface area contributed by atoms with Crippen LogP contribution in [0, 0.1) is 0 Å². The Morgan fingerprint density at radius 2 is 2.05 bits per heavy atom. The minimum atomic E-state index is -0.294. The average Bonchev–Trinajstić information content (AvgIpc) is 2.90. The standard InChI is InChI=1S/C12H13Cl2N5O2/c1-21-12(20)18-4-2-7(3-5-18)19-6-15-8-9(13)16-11(14)17-10(8)19/h6-7H,2-5H2,1H3. The molecule has 2 aromatic heterocycles. The molecule has 7 nitrogen and oxygen atoms in total. The Morgan fingerprint density at radius 1 is 1.33 bits per heavy atom. The van der Waals surface area contributed by atoms with Gasteiger partial charge in [-0.1, -0.05) is 11.6 Å². The Morgan fingerprint density at radius 3 is 2.71 bits per heavy atom. The van der Waals surface area contributed by atoms with E-state index < -0.39 is 0 Å². The molecule has 21 heavy (non-hydrogen) atoms. The minimum absolute atomic E-state index is 0.0984. The van der Waals surface area contributed by atoms with Crippen LogP contribution < -0.4 is 0 Å². The quantitative estimate of drug-likeness (QED) is 0.593. The second-order valence-electron chi connectivity index (χ2n) is 4.80. The summed E-state index contributed by atoms with van der Waals surface area (Å²) in [6, 6.07) is 0.193. The number of imidazole rings is 1. The third-order valence-corrected chi connectivity index (χ3v) is 4.07. The molecule has 0 radical (unpaired) electrons. The van der Waals surface area contributed by atoms with E-state index >= 15 is 0 Å². The number of piperidine rings is 1. The third-order valence-electron chi connectivity index (χ3n) is 3.64. The highest BCUT2D eigenvalue weighted by atomic mass is 35.5. The Labute approximate surface area is 130 Å². The number of ether oxygens (including phenoxy) is 1. The molecule has 1 aliphatic rings. The van der Waals surface area contributed by atoms with Gasteiger partial charge in [-0.2, -0.15) is 4.98 Å². The normalized spacial score (nSPS) is 16.4. The second kappa shape index (κ2) is 5.65. The first kappa shape index (κ1) is 14.3. The average molecular weight is 330 g/mol. The van der Waals surface area contributed by atoms with E-state index in [1.807, 2.05) is 4.57 Å². The maximum absolute atomic E-state index is 11.5. The van der Waals surface area contributed by atoms with Crippen molar-refractivity contribution in [2.45, 2.75) is 18.9 Å². The van der Waals surface area contributed by atoms with E-state index in [-0.39, 0.29) is 22.6 Å². The molecule has 1 aliphatic heterocycles. The number of amides is 1. The molecule has 2 aromatic rings. The van der Waals surface area contributed by atoms with Crippen molar-refractivity contribution in [3.63, 3.8) is 0 Å². The van der Waals surface area contributed by atoms with E-state index in [1.165, 1.54) is 7.11 Å². The molecule has 0 bridgehead atoms. The van der Waals surface area contributed by atoms with Crippen LogP contribution in [0.25, 0.3) is 11.2 Å². The molecule has 0 aromatic carbocycles. The number of carbonyl (C=O) groups is 1. The van der Waals surface area contributed by atoms with Crippen LogP contribution in [-0.4, -0.2) is 50.7 Å². The van der Waals surface area contributed by atoms with Crippen LogP contribution in [0.1, 0.15) is 18.9 Å². The number of methoxy groups -OCH3 is 1. The fraction of sp³-hybridized carbons (Fsp3) is 0.500. The Hall–Kier alpha value is -1.60. The van der Waals surface area contributed by atoms with E-state index in [4.69, 9.17) is 27.9 Å². The number of likely N-dealkylation sites (tertiary alicyclic amines) is 1. The summed E-state index contributed by atoms with van der Waals surface area (Å²) >= 11 is 11.9. The van der Waals surface area contributed by atoms with E-state index in [0.717, 1.165) is 12.8 Å². The van der Waals surface area contributed by atoms with Crippen molar-refractivity contribution < 1.29 is 9.53 Å². The molecule has 0 N–H and O–H groups in total. The first-order valence-electron chi connectivity index (χ1n) is 6.48. The van der Waals surface area contributed by atoms with Crippen molar-refractivity contribution in [3.05, 3.63) is 16.8 Å². The van der Waals surface area contributed by atoms with Crippen molar-refractivity contribution in [1.82, 2.24) is 24.4 Å². The monoisotopic (exact) mass is 329 g/mol. The van der Waals surface area contributed by atoms with Crippen LogP contribution in [0.4, 0.5) is 4.79 Å². The van der Waals surface area contributed by atoms with Crippen LogP contribution in [-0.2, 0) is 4.74 Å². The third kappa shape index (κ3) is 2.63. The Bertz CT molecular complexity index is 682. The summed E-state index contributed by atoms with van der Waals surface area (Å²) in [4.78, 5) is 25.5. The topological polar surface area (TPSA) is 73.1 Å².